The molecule has 0 saturated carbocycles. The molecule has 104 valence electrons. The Morgan fingerprint density at radius 1 is 1.42 bits per heavy atom. The highest BCUT2D eigenvalue weighted by atomic mass is 32.2. The summed E-state index contributed by atoms with van der Waals surface area (Å²) in [6.07, 6.45) is 0. The van der Waals surface area contributed by atoms with Crippen molar-refractivity contribution < 1.29 is 12.9 Å². The molecule has 8 heteroatoms. The van der Waals surface area contributed by atoms with Gasteiger partial charge in [-0.2, -0.15) is 0 Å². The second kappa shape index (κ2) is 5.83. The van der Waals surface area contributed by atoms with E-state index in [1.165, 1.54) is 11.3 Å². The molecule has 2 rings (SSSR count). The SMILES string of the molecule is CNCc1sccc1S(=O)(=O)NCc1cc(C)on1. The number of aryl methyl sites for hydroxylation is 1. The van der Waals surface area contributed by atoms with E-state index in [0.29, 0.717) is 22.9 Å². The van der Waals surface area contributed by atoms with Crippen molar-refractivity contribution in [2.24, 2.45) is 0 Å². The van der Waals surface area contributed by atoms with Gasteiger partial charge in [0.2, 0.25) is 10.0 Å². The van der Waals surface area contributed by atoms with Crippen molar-refractivity contribution in [2.75, 3.05) is 7.05 Å². The Morgan fingerprint density at radius 2 is 2.21 bits per heavy atom. The second-order valence-electron chi connectivity index (χ2n) is 3.99. The largest absolute Gasteiger partial charge is 0.361 e. The molecule has 2 heterocycles. The van der Waals surface area contributed by atoms with E-state index in [-0.39, 0.29) is 6.54 Å². The first-order chi connectivity index (χ1) is 9.03. The van der Waals surface area contributed by atoms with Crippen LogP contribution in [0.25, 0.3) is 0 Å². The predicted molar refractivity (Wildman–Crippen MR) is 72.3 cm³/mol. The van der Waals surface area contributed by atoms with Crippen LogP contribution in [0.1, 0.15) is 16.3 Å². The van der Waals surface area contributed by atoms with Crippen molar-refractivity contribution in [3.63, 3.8) is 0 Å². The lowest BCUT2D eigenvalue weighted by atomic mass is 10.4. The van der Waals surface area contributed by atoms with Crippen molar-refractivity contribution in [3.05, 3.63) is 33.8 Å². The molecule has 2 aromatic heterocycles. The van der Waals surface area contributed by atoms with Crippen LogP contribution in [-0.4, -0.2) is 20.6 Å². The Balaban J connectivity index is 2.11. The zero-order valence-electron chi connectivity index (χ0n) is 10.6. The van der Waals surface area contributed by atoms with Gasteiger partial charge in [0.1, 0.15) is 5.76 Å². The van der Waals surface area contributed by atoms with Crippen LogP contribution in [0.5, 0.6) is 0 Å². The molecule has 2 aromatic rings. The van der Waals surface area contributed by atoms with Crippen LogP contribution in [0, 0.1) is 6.92 Å². The molecule has 0 amide bonds. The molecule has 0 saturated heterocycles. The standard InChI is InChI=1S/C11H15N3O3S2/c1-8-5-9(14-17-8)6-13-19(15,16)11-3-4-18-10(11)7-12-2/h3-5,12-13H,6-7H2,1-2H3. The first kappa shape index (κ1) is 14.2. The highest BCUT2D eigenvalue weighted by molar-refractivity contribution is 7.89. The van der Waals surface area contributed by atoms with Crippen LogP contribution in [0.3, 0.4) is 0 Å². The van der Waals surface area contributed by atoms with Crippen LogP contribution in [-0.2, 0) is 23.1 Å². The molecule has 0 spiro atoms. The van der Waals surface area contributed by atoms with E-state index in [9.17, 15) is 8.42 Å². The zero-order valence-corrected chi connectivity index (χ0v) is 12.3. The second-order valence-corrected chi connectivity index (χ2v) is 6.73. The molecule has 19 heavy (non-hydrogen) atoms. The molecule has 0 radical (unpaired) electrons. The highest BCUT2D eigenvalue weighted by Gasteiger charge is 2.19. The number of rotatable bonds is 6. The number of hydrogen-bond acceptors (Lipinski definition) is 6. The average Bonchev–Trinajstić information content (AvgIpc) is 2.97. The minimum absolute atomic E-state index is 0.120. The summed E-state index contributed by atoms with van der Waals surface area (Å²) >= 11 is 1.41. The quantitative estimate of drug-likeness (QED) is 0.838. The monoisotopic (exact) mass is 301 g/mol. The van der Waals surface area contributed by atoms with E-state index >= 15 is 0 Å². The first-order valence-corrected chi connectivity index (χ1v) is 8.02. The normalized spacial score (nSPS) is 11.9. The molecule has 6 nitrogen and oxygen atoms in total. The van der Waals surface area contributed by atoms with Gasteiger partial charge in [-0.15, -0.1) is 11.3 Å². The maximum atomic E-state index is 12.2. The van der Waals surface area contributed by atoms with Gasteiger partial charge in [-0.1, -0.05) is 5.16 Å². The van der Waals surface area contributed by atoms with E-state index in [4.69, 9.17) is 4.52 Å². The summed E-state index contributed by atoms with van der Waals surface area (Å²) < 4.78 is 31.8. The number of hydrogen-bond donors (Lipinski definition) is 2. The molecule has 0 bridgehead atoms. The van der Waals surface area contributed by atoms with Gasteiger partial charge < -0.3 is 9.84 Å². The van der Waals surface area contributed by atoms with E-state index < -0.39 is 10.0 Å². The Kier molecular flexibility index (Phi) is 4.35. The minimum atomic E-state index is -3.52. The van der Waals surface area contributed by atoms with Gasteiger partial charge in [-0.25, -0.2) is 13.1 Å². The fourth-order valence-corrected chi connectivity index (χ4v) is 4.06. The van der Waals surface area contributed by atoms with Gasteiger partial charge in [-0.05, 0) is 25.4 Å². The maximum absolute atomic E-state index is 12.2. The van der Waals surface area contributed by atoms with Crippen molar-refractivity contribution in [1.82, 2.24) is 15.2 Å². The van der Waals surface area contributed by atoms with Gasteiger partial charge in [0.15, 0.2) is 0 Å². The highest BCUT2D eigenvalue weighted by Crippen LogP contribution is 2.21. The van der Waals surface area contributed by atoms with Gasteiger partial charge >= 0.3 is 0 Å². The third-order valence-electron chi connectivity index (χ3n) is 2.45. The number of sulfonamides is 1. The maximum Gasteiger partial charge on any atom is 0.242 e. The topological polar surface area (TPSA) is 84.2 Å². The fourth-order valence-electron chi connectivity index (χ4n) is 1.61. The molecule has 0 aliphatic carbocycles. The van der Waals surface area contributed by atoms with E-state index in [0.717, 1.165) is 4.88 Å². The lowest BCUT2D eigenvalue weighted by Gasteiger charge is -2.06. The predicted octanol–water partition coefficient (Wildman–Crippen LogP) is 1.24. The van der Waals surface area contributed by atoms with Gasteiger partial charge in [0.05, 0.1) is 17.1 Å². The lowest BCUT2D eigenvalue weighted by molar-refractivity contribution is 0.390. The smallest absolute Gasteiger partial charge is 0.242 e. The summed E-state index contributed by atoms with van der Waals surface area (Å²) in [5.41, 5.74) is 0.562. The zero-order chi connectivity index (χ0) is 13.9. The summed E-state index contributed by atoms with van der Waals surface area (Å²) in [7, 11) is -1.74. The summed E-state index contributed by atoms with van der Waals surface area (Å²) in [4.78, 5) is 1.10. The van der Waals surface area contributed by atoms with Crippen molar-refractivity contribution in [3.8, 4) is 0 Å². The average molecular weight is 301 g/mol. The summed E-state index contributed by atoms with van der Waals surface area (Å²) in [5.74, 6) is 0.653. The van der Waals surface area contributed by atoms with Crippen LogP contribution < -0.4 is 10.0 Å². The first-order valence-electron chi connectivity index (χ1n) is 5.66. The lowest BCUT2D eigenvalue weighted by Crippen LogP contribution is -2.24. The Morgan fingerprint density at radius 3 is 2.84 bits per heavy atom. The van der Waals surface area contributed by atoms with E-state index in [1.807, 2.05) is 0 Å². The van der Waals surface area contributed by atoms with Gasteiger partial charge in [-0.3, -0.25) is 0 Å². The molecule has 0 aromatic carbocycles. The number of nitrogens with zero attached hydrogens (tertiary/aromatic N) is 1. The molecular formula is C11H15N3O3S2. The van der Waals surface area contributed by atoms with E-state index in [1.54, 1.807) is 31.5 Å². The van der Waals surface area contributed by atoms with Gasteiger partial charge in [0, 0.05) is 17.5 Å². The Bertz CT molecular complexity index is 646. The van der Waals surface area contributed by atoms with Crippen molar-refractivity contribution in [2.45, 2.75) is 24.9 Å². The molecule has 0 fully saturated rings. The summed E-state index contributed by atoms with van der Waals surface area (Å²) in [6.45, 7) is 2.40. The molecular weight excluding hydrogens is 286 g/mol. The molecule has 0 unspecified atom stereocenters. The van der Waals surface area contributed by atoms with Crippen LogP contribution in [0.15, 0.2) is 26.9 Å². The number of thiophene rings is 1. The number of aromatic nitrogens is 1. The van der Waals surface area contributed by atoms with Crippen LogP contribution in [0.2, 0.25) is 0 Å². The third-order valence-corrected chi connectivity index (χ3v) is 4.99. The Labute approximate surface area is 115 Å². The Hall–Kier alpha value is -1.22. The molecule has 0 atom stereocenters. The summed E-state index contributed by atoms with van der Waals surface area (Å²) in [5, 5.41) is 8.46. The molecule has 2 N–H and O–H groups in total. The van der Waals surface area contributed by atoms with E-state index in [2.05, 4.69) is 15.2 Å². The summed E-state index contributed by atoms with van der Waals surface area (Å²) in [6, 6.07) is 3.30. The fraction of sp³-hybridized carbons (Fsp3) is 0.364. The minimum Gasteiger partial charge on any atom is -0.361 e. The molecule has 0 aliphatic heterocycles. The van der Waals surface area contributed by atoms with Crippen molar-refractivity contribution in [1.29, 1.82) is 0 Å². The molecule has 0 aliphatic rings. The van der Waals surface area contributed by atoms with Crippen LogP contribution >= 0.6 is 11.3 Å². The van der Waals surface area contributed by atoms with Crippen LogP contribution in [0.4, 0.5) is 0 Å². The van der Waals surface area contributed by atoms with Crippen molar-refractivity contribution >= 4 is 21.4 Å². The number of nitrogens with one attached hydrogen (secondary N) is 2. The van der Waals surface area contributed by atoms with Gasteiger partial charge in [0.25, 0.3) is 0 Å². The third kappa shape index (κ3) is 3.41.